The van der Waals surface area contributed by atoms with Gasteiger partial charge in [-0.15, -0.1) is 0 Å². The largest absolute Gasteiger partial charge is 0.338 e. The third-order valence-corrected chi connectivity index (χ3v) is 2.50. The molecule has 0 aromatic carbocycles. The molecule has 0 spiro atoms. The van der Waals surface area contributed by atoms with Gasteiger partial charge in [0.05, 0.1) is 0 Å². The Bertz CT molecular complexity index is 158. The Morgan fingerprint density at radius 3 is 3.20 bits per heavy atom. The summed E-state index contributed by atoms with van der Waals surface area (Å²) in [4.78, 5) is 10.8. The molecule has 0 bridgehead atoms. The standard InChI is InChI=1S/C7H12N2O/c10-7-8-4-5-2-1-3-6(5)9-7/h5-6H,1-4H2,(H2,8,9,10)/t5-,6-/m0/s1. The molecule has 3 nitrogen and oxygen atoms in total. The van der Waals surface area contributed by atoms with E-state index in [2.05, 4.69) is 10.6 Å². The molecule has 0 aromatic rings. The minimum Gasteiger partial charge on any atom is -0.338 e. The zero-order valence-electron chi connectivity index (χ0n) is 5.89. The van der Waals surface area contributed by atoms with E-state index in [4.69, 9.17) is 0 Å². The summed E-state index contributed by atoms with van der Waals surface area (Å²) in [7, 11) is 0. The Morgan fingerprint density at radius 1 is 1.40 bits per heavy atom. The fraction of sp³-hybridized carbons (Fsp3) is 0.857. The van der Waals surface area contributed by atoms with Crippen molar-refractivity contribution in [1.29, 1.82) is 0 Å². The highest BCUT2D eigenvalue weighted by molar-refractivity contribution is 5.75. The van der Waals surface area contributed by atoms with Crippen LogP contribution in [0.5, 0.6) is 0 Å². The molecular weight excluding hydrogens is 128 g/mol. The van der Waals surface area contributed by atoms with Gasteiger partial charge < -0.3 is 10.6 Å². The molecule has 2 amide bonds. The maximum absolute atomic E-state index is 10.8. The van der Waals surface area contributed by atoms with Crippen molar-refractivity contribution in [3.05, 3.63) is 0 Å². The predicted molar refractivity (Wildman–Crippen MR) is 37.7 cm³/mol. The van der Waals surface area contributed by atoms with Crippen molar-refractivity contribution in [3.63, 3.8) is 0 Å². The van der Waals surface area contributed by atoms with Gasteiger partial charge in [-0.1, -0.05) is 6.42 Å². The van der Waals surface area contributed by atoms with Crippen molar-refractivity contribution in [2.75, 3.05) is 6.54 Å². The molecule has 1 saturated carbocycles. The van der Waals surface area contributed by atoms with Gasteiger partial charge in [-0.05, 0) is 18.8 Å². The van der Waals surface area contributed by atoms with E-state index < -0.39 is 0 Å². The molecule has 0 unspecified atom stereocenters. The first kappa shape index (κ1) is 6.01. The lowest BCUT2D eigenvalue weighted by Gasteiger charge is -2.26. The van der Waals surface area contributed by atoms with Crippen molar-refractivity contribution in [1.82, 2.24) is 10.6 Å². The summed E-state index contributed by atoms with van der Waals surface area (Å²) in [5.41, 5.74) is 0. The van der Waals surface area contributed by atoms with E-state index in [1.807, 2.05) is 0 Å². The fourth-order valence-corrected chi connectivity index (χ4v) is 1.91. The molecule has 1 saturated heterocycles. The van der Waals surface area contributed by atoms with Crippen LogP contribution in [0, 0.1) is 5.92 Å². The first-order valence-corrected chi connectivity index (χ1v) is 3.90. The number of carbonyl (C=O) groups is 1. The minimum atomic E-state index is 0.0168. The summed E-state index contributed by atoms with van der Waals surface area (Å²) in [6, 6.07) is 0.497. The lowest BCUT2D eigenvalue weighted by atomic mass is 10.0. The van der Waals surface area contributed by atoms with Crippen molar-refractivity contribution >= 4 is 6.03 Å². The van der Waals surface area contributed by atoms with Crippen molar-refractivity contribution < 1.29 is 4.79 Å². The normalized spacial score (nSPS) is 38.2. The maximum atomic E-state index is 10.8. The molecule has 2 atom stereocenters. The summed E-state index contributed by atoms with van der Waals surface area (Å²) in [5, 5.41) is 5.73. The van der Waals surface area contributed by atoms with Crippen molar-refractivity contribution in [3.8, 4) is 0 Å². The number of amides is 2. The van der Waals surface area contributed by atoms with E-state index >= 15 is 0 Å². The van der Waals surface area contributed by atoms with Crippen LogP contribution < -0.4 is 10.6 Å². The Kier molecular flexibility index (Phi) is 1.29. The molecule has 1 heterocycles. The van der Waals surface area contributed by atoms with E-state index in [0.29, 0.717) is 12.0 Å². The third kappa shape index (κ3) is 0.856. The molecule has 2 N–H and O–H groups in total. The Balaban J connectivity index is 2.03. The van der Waals surface area contributed by atoms with E-state index in [1.54, 1.807) is 0 Å². The second-order valence-corrected chi connectivity index (χ2v) is 3.15. The Labute approximate surface area is 60.2 Å². The van der Waals surface area contributed by atoms with Gasteiger partial charge in [-0.2, -0.15) is 0 Å². The average molecular weight is 140 g/mol. The van der Waals surface area contributed by atoms with Crippen LogP contribution in [-0.2, 0) is 0 Å². The van der Waals surface area contributed by atoms with Gasteiger partial charge in [-0.25, -0.2) is 4.79 Å². The molecule has 0 radical (unpaired) electrons. The van der Waals surface area contributed by atoms with Crippen LogP contribution in [-0.4, -0.2) is 18.6 Å². The molecule has 2 rings (SSSR count). The van der Waals surface area contributed by atoms with Crippen LogP contribution in [0.1, 0.15) is 19.3 Å². The van der Waals surface area contributed by atoms with Gasteiger partial charge >= 0.3 is 6.03 Å². The summed E-state index contributed by atoms with van der Waals surface area (Å²) in [5.74, 6) is 0.706. The topological polar surface area (TPSA) is 41.1 Å². The smallest absolute Gasteiger partial charge is 0.315 e. The maximum Gasteiger partial charge on any atom is 0.315 e. The van der Waals surface area contributed by atoms with E-state index in [9.17, 15) is 4.79 Å². The van der Waals surface area contributed by atoms with Gasteiger partial charge in [0.1, 0.15) is 0 Å². The zero-order valence-corrected chi connectivity index (χ0v) is 5.89. The second kappa shape index (κ2) is 2.15. The highest BCUT2D eigenvalue weighted by atomic mass is 16.2. The summed E-state index contributed by atoms with van der Waals surface area (Å²) >= 11 is 0. The summed E-state index contributed by atoms with van der Waals surface area (Å²) in [6.45, 7) is 0.885. The van der Waals surface area contributed by atoms with Crippen LogP contribution in [0.3, 0.4) is 0 Å². The molecule has 1 aliphatic heterocycles. The van der Waals surface area contributed by atoms with Gasteiger partial charge in [-0.3, -0.25) is 0 Å². The van der Waals surface area contributed by atoms with Crippen LogP contribution in [0.2, 0.25) is 0 Å². The first-order valence-electron chi connectivity index (χ1n) is 3.90. The zero-order chi connectivity index (χ0) is 6.97. The Morgan fingerprint density at radius 2 is 2.30 bits per heavy atom. The van der Waals surface area contributed by atoms with Gasteiger partial charge in [0, 0.05) is 12.6 Å². The highest BCUT2D eigenvalue weighted by Crippen LogP contribution is 2.26. The Hall–Kier alpha value is -0.730. The number of urea groups is 1. The summed E-state index contributed by atoms with van der Waals surface area (Å²) in [6.07, 6.45) is 3.73. The SMILES string of the molecule is O=C1NC[C@@H]2CCC[C@@H]2N1. The molecule has 0 aromatic heterocycles. The van der Waals surface area contributed by atoms with Gasteiger partial charge in [0.2, 0.25) is 0 Å². The average Bonchev–Trinajstić information content (AvgIpc) is 2.33. The number of rotatable bonds is 0. The van der Waals surface area contributed by atoms with Crippen molar-refractivity contribution in [2.24, 2.45) is 5.92 Å². The predicted octanol–water partition coefficient (Wildman–Crippen LogP) is 0.468. The number of fused-ring (bicyclic) bond motifs is 1. The van der Waals surface area contributed by atoms with Crippen molar-refractivity contribution in [2.45, 2.75) is 25.3 Å². The number of carbonyl (C=O) groups excluding carboxylic acids is 1. The second-order valence-electron chi connectivity index (χ2n) is 3.15. The quantitative estimate of drug-likeness (QED) is 0.504. The molecule has 2 aliphatic rings. The van der Waals surface area contributed by atoms with Crippen LogP contribution in [0.15, 0.2) is 0 Å². The van der Waals surface area contributed by atoms with E-state index in [0.717, 1.165) is 6.54 Å². The number of hydrogen-bond acceptors (Lipinski definition) is 1. The van der Waals surface area contributed by atoms with E-state index in [-0.39, 0.29) is 6.03 Å². The third-order valence-electron chi connectivity index (χ3n) is 2.50. The van der Waals surface area contributed by atoms with E-state index in [1.165, 1.54) is 19.3 Å². The molecule has 2 fully saturated rings. The summed E-state index contributed by atoms with van der Waals surface area (Å²) < 4.78 is 0. The molecule has 3 heteroatoms. The molecule has 1 aliphatic carbocycles. The molecule has 56 valence electrons. The molecule has 10 heavy (non-hydrogen) atoms. The first-order chi connectivity index (χ1) is 4.86. The highest BCUT2D eigenvalue weighted by Gasteiger charge is 2.31. The fourth-order valence-electron chi connectivity index (χ4n) is 1.91. The van der Waals surface area contributed by atoms with Crippen LogP contribution >= 0.6 is 0 Å². The molecular formula is C7H12N2O. The van der Waals surface area contributed by atoms with Crippen LogP contribution in [0.25, 0.3) is 0 Å². The monoisotopic (exact) mass is 140 g/mol. The number of nitrogens with one attached hydrogen (secondary N) is 2. The lowest BCUT2D eigenvalue weighted by Crippen LogP contribution is -2.52. The van der Waals surface area contributed by atoms with Gasteiger partial charge in [0.15, 0.2) is 0 Å². The number of hydrogen-bond donors (Lipinski definition) is 2. The van der Waals surface area contributed by atoms with Gasteiger partial charge in [0.25, 0.3) is 0 Å². The minimum absolute atomic E-state index is 0.0168. The lowest BCUT2D eigenvalue weighted by molar-refractivity contribution is 0.220. The van der Waals surface area contributed by atoms with Crippen LogP contribution in [0.4, 0.5) is 4.79 Å².